The molecule has 0 amide bonds. The molecule has 2 heterocycles. The van der Waals surface area contributed by atoms with Crippen molar-refractivity contribution in [2.75, 3.05) is 13.1 Å². The van der Waals surface area contributed by atoms with Gasteiger partial charge in [0.15, 0.2) is 6.39 Å². The lowest BCUT2D eigenvalue weighted by Gasteiger charge is -2.02. The van der Waals surface area contributed by atoms with E-state index in [9.17, 15) is 0 Å². The van der Waals surface area contributed by atoms with Crippen molar-refractivity contribution in [2.45, 2.75) is 19.3 Å². The van der Waals surface area contributed by atoms with Crippen molar-refractivity contribution in [3.05, 3.63) is 17.8 Å². The van der Waals surface area contributed by atoms with Crippen LogP contribution in [0.4, 0.5) is 0 Å². The molecule has 1 aliphatic rings. The van der Waals surface area contributed by atoms with Crippen molar-refractivity contribution in [2.24, 2.45) is 0 Å². The number of hydrogen-bond donors (Lipinski definition) is 1. The molecule has 1 aromatic rings. The second kappa shape index (κ2) is 2.66. The van der Waals surface area contributed by atoms with E-state index in [1.807, 2.05) is 6.92 Å². The molecule has 60 valence electrons. The van der Waals surface area contributed by atoms with Crippen LogP contribution in [0.3, 0.4) is 0 Å². The van der Waals surface area contributed by atoms with Crippen molar-refractivity contribution >= 4 is 0 Å². The van der Waals surface area contributed by atoms with Crippen molar-refractivity contribution in [3.63, 3.8) is 0 Å². The number of hydrogen-bond acceptors (Lipinski definition) is 3. The zero-order valence-electron chi connectivity index (χ0n) is 6.63. The third-order valence-corrected chi connectivity index (χ3v) is 2.23. The molecule has 1 saturated heterocycles. The van der Waals surface area contributed by atoms with E-state index in [4.69, 9.17) is 4.42 Å². The van der Waals surface area contributed by atoms with Gasteiger partial charge in [0.05, 0.1) is 5.69 Å². The Morgan fingerprint density at radius 1 is 1.73 bits per heavy atom. The van der Waals surface area contributed by atoms with Gasteiger partial charge in [-0.1, -0.05) is 0 Å². The Hall–Kier alpha value is -0.830. The zero-order chi connectivity index (χ0) is 7.68. The highest BCUT2D eigenvalue weighted by molar-refractivity contribution is 5.13. The van der Waals surface area contributed by atoms with Crippen molar-refractivity contribution in [1.29, 1.82) is 0 Å². The van der Waals surface area contributed by atoms with Gasteiger partial charge < -0.3 is 9.73 Å². The second-order valence-corrected chi connectivity index (χ2v) is 2.98. The Labute approximate surface area is 65.8 Å². The van der Waals surface area contributed by atoms with Crippen molar-refractivity contribution < 1.29 is 4.42 Å². The summed E-state index contributed by atoms with van der Waals surface area (Å²) in [5, 5.41) is 3.31. The number of rotatable bonds is 1. The lowest BCUT2D eigenvalue weighted by molar-refractivity contribution is 0.521. The molecular weight excluding hydrogens is 140 g/mol. The summed E-state index contributed by atoms with van der Waals surface area (Å²) < 4.78 is 5.14. The molecular formula is C8H12N2O. The maximum absolute atomic E-state index is 5.14. The molecule has 0 saturated carbocycles. The molecule has 1 aliphatic heterocycles. The maximum atomic E-state index is 5.14. The molecule has 0 radical (unpaired) electrons. The van der Waals surface area contributed by atoms with Crippen LogP contribution in [0.15, 0.2) is 10.8 Å². The molecule has 0 aliphatic carbocycles. The molecule has 0 bridgehead atoms. The minimum Gasteiger partial charge on any atom is -0.449 e. The highest BCUT2D eigenvalue weighted by atomic mass is 16.3. The van der Waals surface area contributed by atoms with Gasteiger partial charge in [0, 0.05) is 12.5 Å². The molecule has 1 fully saturated rings. The summed E-state index contributed by atoms with van der Waals surface area (Å²) in [7, 11) is 0. The molecule has 1 aromatic heterocycles. The van der Waals surface area contributed by atoms with Crippen LogP contribution < -0.4 is 5.32 Å². The molecule has 1 atom stereocenters. The third-order valence-electron chi connectivity index (χ3n) is 2.23. The topological polar surface area (TPSA) is 38.1 Å². The quantitative estimate of drug-likeness (QED) is 0.654. The van der Waals surface area contributed by atoms with E-state index >= 15 is 0 Å². The lowest BCUT2D eigenvalue weighted by Crippen LogP contribution is -2.08. The van der Waals surface area contributed by atoms with Crippen LogP contribution in [0.5, 0.6) is 0 Å². The average molecular weight is 152 g/mol. The van der Waals surface area contributed by atoms with E-state index in [1.54, 1.807) is 0 Å². The largest absolute Gasteiger partial charge is 0.449 e. The minimum atomic E-state index is 0.578. The van der Waals surface area contributed by atoms with E-state index in [-0.39, 0.29) is 0 Å². The molecule has 0 spiro atoms. The Bertz CT molecular complexity index is 238. The fourth-order valence-corrected chi connectivity index (χ4v) is 1.59. The zero-order valence-corrected chi connectivity index (χ0v) is 6.63. The molecule has 0 aromatic carbocycles. The van der Waals surface area contributed by atoms with E-state index < -0.39 is 0 Å². The first-order valence-corrected chi connectivity index (χ1v) is 3.98. The van der Waals surface area contributed by atoms with Gasteiger partial charge >= 0.3 is 0 Å². The van der Waals surface area contributed by atoms with Gasteiger partial charge in [0.25, 0.3) is 0 Å². The lowest BCUT2D eigenvalue weighted by atomic mass is 10.0. The molecule has 11 heavy (non-hydrogen) atoms. The maximum Gasteiger partial charge on any atom is 0.181 e. The summed E-state index contributed by atoms with van der Waals surface area (Å²) in [4.78, 5) is 4.19. The first-order chi connectivity index (χ1) is 5.38. The smallest absolute Gasteiger partial charge is 0.181 e. The number of nitrogens with zero attached hydrogens (tertiary/aromatic N) is 1. The second-order valence-electron chi connectivity index (χ2n) is 2.98. The van der Waals surface area contributed by atoms with Crippen molar-refractivity contribution in [1.82, 2.24) is 10.3 Å². The van der Waals surface area contributed by atoms with Gasteiger partial charge in [0.1, 0.15) is 5.76 Å². The van der Waals surface area contributed by atoms with Gasteiger partial charge in [-0.15, -0.1) is 0 Å². The average Bonchev–Trinajstić information content (AvgIpc) is 2.55. The predicted octanol–water partition coefficient (Wildman–Crippen LogP) is 1.06. The molecule has 2 rings (SSSR count). The first kappa shape index (κ1) is 6.85. The van der Waals surface area contributed by atoms with Crippen LogP contribution in [-0.4, -0.2) is 18.1 Å². The van der Waals surface area contributed by atoms with Gasteiger partial charge in [-0.2, -0.15) is 0 Å². The summed E-state index contributed by atoms with van der Waals surface area (Å²) in [5.74, 6) is 1.55. The molecule has 1 N–H and O–H groups in total. The fourth-order valence-electron chi connectivity index (χ4n) is 1.59. The highest BCUT2D eigenvalue weighted by Gasteiger charge is 2.20. The summed E-state index contributed by atoms with van der Waals surface area (Å²) in [6.07, 6.45) is 2.72. The van der Waals surface area contributed by atoms with E-state index in [1.165, 1.54) is 12.8 Å². The number of aromatic nitrogens is 1. The van der Waals surface area contributed by atoms with Crippen molar-refractivity contribution in [3.8, 4) is 0 Å². The fraction of sp³-hybridized carbons (Fsp3) is 0.625. The summed E-state index contributed by atoms with van der Waals surface area (Å²) in [6, 6.07) is 0. The normalized spacial score (nSPS) is 24.3. The van der Waals surface area contributed by atoms with Crippen LogP contribution in [0.1, 0.15) is 23.8 Å². The number of aryl methyl sites for hydroxylation is 1. The Balaban J connectivity index is 2.21. The van der Waals surface area contributed by atoms with Gasteiger partial charge in [-0.05, 0) is 19.9 Å². The summed E-state index contributed by atoms with van der Waals surface area (Å²) in [6.45, 7) is 4.13. The standard InChI is InChI=1S/C8H12N2O/c1-6-8(10-5-11-6)7-2-3-9-4-7/h5,7,9H,2-4H2,1H3. The minimum absolute atomic E-state index is 0.578. The van der Waals surface area contributed by atoms with Crippen LogP contribution in [0, 0.1) is 6.92 Å². The number of oxazole rings is 1. The van der Waals surface area contributed by atoms with Gasteiger partial charge in [-0.25, -0.2) is 4.98 Å². The molecule has 3 heteroatoms. The summed E-state index contributed by atoms with van der Waals surface area (Å²) >= 11 is 0. The van der Waals surface area contributed by atoms with Crippen LogP contribution >= 0.6 is 0 Å². The first-order valence-electron chi connectivity index (χ1n) is 3.98. The SMILES string of the molecule is Cc1ocnc1C1CCNC1. The Morgan fingerprint density at radius 3 is 3.18 bits per heavy atom. The number of nitrogens with one attached hydrogen (secondary N) is 1. The van der Waals surface area contributed by atoms with E-state index in [2.05, 4.69) is 10.3 Å². The van der Waals surface area contributed by atoms with Gasteiger partial charge in [-0.3, -0.25) is 0 Å². The Morgan fingerprint density at radius 2 is 2.64 bits per heavy atom. The monoisotopic (exact) mass is 152 g/mol. The van der Waals surface area contributed by atoms with Crippen LogP contribution in [0.25, 0.3) is 0 Å². The van der Waals surface area contributed by atoms with E-state index in [0.717, 1.165) is 24.5 Å². The van der Waals surface area contributed by atoms with Crippen LogP contribution in [-0.2, 0) is 0 Å². The van der Waals surface area contributed by atoms with Gasteiger partial charge in [0.2, 0.25) is 0 Å². The molecule has 3 nitrogen and oxygen atoms in total. The molecule has 1 unspecified atom stereocenters. The van der Waals surface area contributed by atoms with E-state index in [0.29, 0.717) is 5.92 Å². The van der Waals surface area contributed by atoms with Crippen LogP contribution in [0.2, 0.25) is 0 Å². The highest BCUT2D eigenvalue weighted by Crippen LogP contribution is 2.23. The summed E-state index contributed by atoms with van der Waals surface area (Å²) in [5.41, 5.74) is 1.13. The third kappa shape index (κ3) is 1.16. The predicted molar refractivity (Wildman–Crippen MR) is 41.5 cm³/mol. The Kier molecular flexibility index (Phi) is 1.66.